The van der Waals surface area contributed by atoms with Crippen molar-refractivity contribution in [2.75, 3.05) is 0 Å². The van der Waals surface area contributed by atoms with E-state index in [2.05, 4.69) is 19.9 Å². The van der Waals surface area contributed by atoms with Crippen LogP contribution < -0.4 is 0 Å². The first-order chi connectivity index (χ1) is 6.36. The van der Waals surface area contributed by atoms with Crippen LogP contribution in [-0.4, -0.2) is 19.9 Å². The fourth-order valence-electron chi connectivity index (χ4n) is 0.930. The third-order valence-corrected chi connectivity index (χ3v) is 1.68. The summed E-state index contributed by atoms with van der Waals surface area (Å²) >= 11 is 5.71. The molecule has 0 unspecified atom stereocenters. The third-order valence-electron chi connectivity index (χ3n) is 1.48. The predicted molar refractivity (Wildman–Crippen MR) is 48.1 cm³/mol. The molecule has 0 radical (unpaired) electrons. The Hall–Kier alpha value is -1.55. The van der Waals surface area contributed by atoms with Crippen LogP contribution in [0.4, 0.5) is 0 Å². The molecule has 2 aromatic heterocycles. The molecule has 0 aliphatic rings. The van der Waals surface area contributed by atoms with Crippen molar-refractivity contribution in [3.05, 3.63) is 36.1 Å². The summed E-state index contributed by atoms with van der Waals surface area (Å²) in [6.07, 6.45) is 4.49. The molecular weight excluding hydrogens is 188 g/mol. The van der Waals surface area contributed by atoms with Crippen molar-refractivity contribution in [3.8, 4) is 11.4 Å². The highest BCUT2D eigenvalue weighted by molar-refractivity contribution is 6.29. The summed E-state index contributed by atoms with van der Waals surface area (Å²) in [5.74, 6) is 0.597. The highest BCUT2D eigenvalue weighted by atomic mass is 35.5. The first kappa shape index (κ1) is 8.07. The van der Waals surface area contributed by atoms with Gasteiger partial charge in [-0.1, -0.05) is 11.6 Å². The van der Waals surface area contributed by atoms with Crippen LogP contribution in [-0.2, 0) is 0 Å². The zero-order valence-electron chi connectivity index (χ0n) is 6.55. The molecule has 0 bridgehead atoms. The van der Waals surface area contributed by atoms with E-state index in [9.17, 15) is 0 Å². The Labute approximate surface area is 79.7 Å². The maximum Gasteiger partial charge on any atom is 0.162 e. The summed E-state index contributed by atoms with van der Waals surface area (Å²) in [5, 5.41) is 0.429. The van der Waals surface area contributed by atoms with Crippen LogP contribution in [0.25, 0.3) is 11.4 Å². The average molecular weight is 193 g/mol. The predicted octanol–water partition coefficient (Wildman–Crippen LogP) is 1.59. The molecule has 0 aliphatic carbocycles. The summed E-state index contributed by atoms with van der Waals surface area (Å²) in [7, 11) is 0. The van der Waals surface area contributed by atoms with Gasteiger partial charge in [-0.2, -0.15) is 0 Å². The van der Waals surface area contributed by atoms with Gasteiger partial charge in [0.15, 0.2) is 5.82 Å². The second-order valence-corrected chi connectivity index (χ2v) is 2.72. The maximum atomic E-state index is 5.71. The van der Waals surface area contributed by atoms with Gasteiger partial charge in [-0.05, 0) is 12.1 Å². The first-order valence-corrected chi connectivity index (χ1v) is 3.98. The second-order valence-electron chi connectivity index (χ2n) is 2.33. The Morgan fingerprint density at radius 1 is 1.08 bits per heavy atom. The smallest absolute Gasteiger partial charge is 0.162 e. The van der Waals surface area contributed by atoms with Crippen LogP contribution in [0.1, 0.15) is 0 Å². The van der Waals surface area contributed by atoms with E-state index in [-0.39, 0.29) is 0 Å². The van der Waals surface area contributed by atoms with Gasteiger partial charge in [0, 0.05) is 11.8 Å². The fraction of sp³-hybridized carbons (Fsp3) is 0. The molecule has 0 spiro atoms. The van der Waals surface area contributed by atoms with Crippen molar-refractivity contribution < 1.29 is 0 Å². The number of hydrogen-bond donors (Lipinski definition) is 0. The lowest BCUT2D eigenvalue weighted by Gasteiger charge is -1.97. The van der Waals surface area contributed by atoms with Crippen LogP contribution in [0.15, 0.2) is 31.0 Å². The number of aromatic nitrogens is 4. The van der Waals surface area contributed by atoms with Gasteiger partial charge in [0.2, 0.25) is 0 Å². The van der Waals surface area contributed by atoms with Gasteiger partial charge in [-0.15, -0.1) is 0 Å². The van der Waals surface area contributed by atoms with Crippen LogP contribution in [0.2, 0.25) is 5.15 Å². The maximum absolute atomic E-state index is 5.71. The van der Waals surface area contributed by atoms with Crippen LogP contribution >= 0.6 is 11.6 Å². The zero-order chi connectivity index (χ0) is 9.10. The molecule has 0 atom stereocenters. The highest BCUT2D eigenvalue weighted by Crippen LogP contribution is 2.15. The van der Waals surface area contributed by atoms with Crippen molar-refractivity contribution in [3.63, 3.8) is 0 Å². The first-order valence-electron chi connectivity index (χ1n) is 3.60. The monoisotopic (exact) mass is 192 g/mol. The number of hydrogen-bond acceptors (Lipinski definition) is 4. The minimum atomic E-state index is 0.429. The Morgan fingerprint density at radius 2 is 1.85 bits per heavy atom. The van der Waals surface area contributed by atoms with E-state index in [1.807, 2.05) is 0 Å². The SMILES string of the molecule is Clc1cc(-c2ncncn2)ccn1. The minimum absolute atomic E-state index is 0.429. The molecule has 0 N–H and O–H groups in total. The van der Waals surface area contributed by atoms with Crippen molar-refractivity contribution in [1.29, 1.82) is 0 Å². The minimum Gasteiger partial charge on any atom is -0.245 e. The lowest BCUT2D eigenvalue weighted by atomic mass is 10.2. The third kappa shape index (κ3) is 1.78. The molecule has 0 aliphatic heterocycles. The average Bonchev–Trinajstić information content (AvgIpc) is 2.19. The van der Waals surface area contributed by atoms with E-state index in [1.54, 1.807) is 18.3 Å². The molecular formula is C8H5ClN4. The molecule has 0 fully saturated rings. The molecule has 2 rings (SSSR count). The van der Waals surface area contributed by atoms with Crippen molar-refractivity contribution in [1.82, 2.24) is 19.9 Å². The molecule has 0 aromatic carbocycles. The van der Waals surface area contributed by atoms with E-state index in [0.29, 0.717) is 11.0 Å². The largest absolute Gasteiger partial charge is 0.245 e. The number of pyridine rings is 1. The molecule has 0 saturated heterocycles. The van der Waals surface area contributed by atoms with Gasteiger partial charge in [0.05, 0.1) is 0 Å². The molecule has 2 heterocycles. The van der Waals surface area contributed by atoms with Gasteiger partial charge in [-0.25, -0.2) is 19.9 Å². The molecule has 0 saturated carbocycles. The number of halogens is 1. The van der Waals surface area contributed by atoms with Crippen molar-refractivity contribution >= 4 is 11.6 Å². The highest BCUT2D eigenvalue weighted by Gasteiger charge is 1.99. The fourth-order valence-corrected chi connectivity index (χ4v) is 1.10. The quantitative estimate of drug-likeness (QED) is 0.644. The molecule has 2 aromatic rings. The summed E-state index contributed by atoms with van der Waals surface area (Å²) in [6.45, 7) is 0. The summed E-state index contributed by atoms with van der Waals surface area (Å²) in [6, 6.07) is 3.50. The van der Waals surface area contributed by atoms with Crippen LogP contribution in [0, 0.1) is 0 Å². The Balaban J connectivity index is 2.48. The zero-order valence-corrected chi connectivity index (χ0v) is 7.31. The van der Waals surface area contributed by atoms with E-state index in [4.69, 9.17) is 11.6 Å². The van der Waals surface area contributed by atoms with Gasteiger partial charge >= 0.3 is 0 Å². The lowest BCUT2D eigenvalue weighted by Crippen LogP contribution is -1.89. The Bertz CT molecular complexity index is 404. The lowest BCUT2D eigenvalue weighted by molar-refractivity contribution is 1.05. The van der Waals surface area contributed by atoms with E-state index >= 15 is 0 Å². The van der Waals surface area contributed by atoms with E-state index < -0.39 is 0 Å². The molecule has 4 nitrogen and oxygen atoms in total. The Kier molecular flexibility index (Phi) is 2.14. The summed E-state index contributed by atoms with van der Waals surface area (Å²) in [4.78, 5) is 15.5. The number of nitrogens with zero attached hydrogens (tertiary/aromatic N) is 4. The Morgan fingerprint density at radius 3 is 2.54 bits per heavy atom. The van der Waals surface area contributed by atoms with Crippen LogP contribution in [0.5, 0.6) is 0 Å². The molecule has 5 heteroatoms. The van der Waals surface area contributed by atoms with E-state index in [1.165, 1.54) is 12.7 Å². The molecule has 64 valence electrons. The second kappa shape index (κ2) is 3.45. The number of rotatable bonds is 1. The molecule has 13 heavy (non-hydrogen) atoms. The van der Waals surface area contributed by atoms with Crippen molar-refractivity contribution in [2.24, 2.45) is 0 Å². The van der Waals surface area contributed by atoms with Gasteiger partial charge in [-0.3, -0.25) is 0 Å². The topological polar surface area (TPSA) is 51.6 Å². The molecule has 0 amide bonds. The van der Waals surface area contributed by atoms with Gasteiger partial charge < -0.3 is 0 Å². The summed E-state index contributed by atoms with van der Waals surface area (Å²) < 4.78 is 0. The normalized spacial score (nSPS) is 9.92. The van der Waals surface area contributed by atoms with E-state index in [0.717, 1.165) is 5.56 Å². The van der Waals surface area contributed by atoms with Gasteiger partial charge in [0.25, 0.3) is 0 Å². The van der Waals surface area contributed by atoms with Crippen molar-refractivity contribution in [2.45, 2.75) is 0 Å². The van der Waals surface area contributed by atoms with Gasteiger partial charge in [0.1, 0.15) is 17.8 Å². The van der Waals surface area contributed by atoms with Crippen LogP contribution in [0.3, 0.4) is 0 Å². The summed E-state index contributed by atoms with van der Waals surface area (Å²) in [5.41, 5.74) is 0.836. The standard InChI is InChI=1S/C8H5ClN4/c9-7-3-6(1-2-11-7)8-12-4-10-5-13-8/h1-5H.